The molecule has 0 fully saturated rings. The molecule has 0 heterocycles. The van der Waals surface area contributed by atoms with Crippen LogP contribution in [0.3, 0.4) is 0 Å². The number of rotatable bonds is 0. The molecule has 0 amide bonds. The molecule has 0 saturated heterocycles. The van der Waals surface area contributed by atoms with Gasteiger partial charge < -0.3 is 9.79 Å². The fraction of sp³-hybridized carbons (Fsp3) is 0. The molecule has 0 unspecified atom stereocenters. The molecule has 6 nitrogen and oxygen atoms in total. The van der Waals surface area contributed by atoms with Crippen molar-refractivity contribution in [1.29, 1.82) is 0 Å². The average Bonchev–Trinajstić information content (AvgIpc) is 1.25. The quantitative estimate of drug-likeness (QED) is 0.311. The Labute approximate surface area is 159 Å². The van der Waals surface area contributed by atoms with E-state index < -0.39 is 15.8 Å². The molecule has 0 bridgehead atoms. The molecule has 0 aliphatic rings. The molecule has 0 rings (SSSR count). The zero-order valence-corrected chi connectivity index (χ0v) is 17.1. The van der Waals surface area contributed by atoms with E-state index in [-0.39, 0.29) is 118 Å². The third kappa shape index (κ3) is 160. The molecule has 0 aliphatic heterocycles. The molecule has 0 saturated carbocycles. The van der Waals surface area contributed by atoms with Crippen molar-refractivity contribution in [2.45, 2.75) is 0 Å². The molecule has 0 aliphatic carbocycles. The number of hydrogen-bond donors (Lipinski definition) is 0. The maximum Gasteiger partial charge on any atom is 1.00 e. The molecule has 12 heavy (non-hydrogen) atoms. The molecule has 0 radical (unpaired) electrons. The minimum Gasteiger partial charge on any atom is -0.744 e. The third-order valence-corrected chi connectivity index (χ3v) is 0. The van der Waals surface area contributed by atoms with Crippen LogP contribution >= 0.6 is 15.8 Å². The third-order valence-electron chi connectivity index (χ3n) is 0. The molecule has 0 aromatic rings. The van der Waals surface area contributed by atoms with Gasteiger partial charge in [-0.25, -0.2) is 0 Å². The van der Waals surface area contributed by atoms with Gasteiger partial charge in [-0.05, 0) is 0 Å². The van der Waals surface area contributed by atoms with E-state index in [9.17, 15) is 0 Å². The zero-order chi connectivity index (χ0) is 7.15. The summed E-state index contributed by atoms with van der Waals surface area (Å²) < 4.78 is 33.9. The summed E-state index contributed by atoms with van der Waals surface area (Å²) in [5, 5.41) is 0. The first-order chi connectivity index (χ1) is 3.46. The Kier molecular flexibility index (Phi) is 88.1. The Bertz CT molecular complexity index is 134. The van der Waals surface area contributed by atoms with Gasteiger partial charge in [0.2, 0.25) is 15.8 Å². The van der Waals surface area contributed by atoms with Crippen molar-refractivity contribution in [1.82, 2.24) is 0 Å². The van der Waals surface area contributed by atoms with Crippen molar-refractivity contribution < 1.29 is 146 Å². The van der Waals surface area contributed by atoms with Crippen LogP contribution in [0.15, 0.2) is 0 Å². The van der Waals surface area contributed by atoms with Crippen molar-refractivity contribution in [3.63, 3.8) is 0 Å². The van der Waals surface area contributed by atoms with Crippen molar-refractivity contribution in [3.8, 4) is 0 Å². The summed E-state index contributed by atoms with van der Waals surface area (Å²) in [6.45, 7) is 0. The van der Waals surface area contributed by atoms with E-state index in [0.717, 1.165) is 0 Å². The summed E-state index contributed by atoms with van der Waals surface area (Å²) in [5.41, 5.74) is 0. The Hall–Kier alpha value is 3.72. The van der Waals surface area contributed by atoms with Gasteiger partial charge in [0.15, 0.2) is 0 Å². The van der Waals surface area contributed by atoms with Crippen molar-refractivity contribution in [2.75, 3.05) is 0 Å². The Balaban J connectivity index is -0.0000000112. The molecule has 0 spiro atoms. The van der Waals surface area contributed by atoms with Gasteiger partial charge in [0.05, 0.1) is 0 Å². The average molecular weight is 250 g/mol. The standard InChI is InChI=1S/4Na.2HO3P/c;;;;2*1-4(2)3/h;;;;2*(H,1,2,3)/q4*+1;;/p-2. The van der Waals surface area contributed by atoms with Crippen LogP contribution in [0.2, 0.25) is 0 Å². The smallest absolute Gasteiger partial charge is 0.744 e. The van der Waals surface area contributed by atoms with Crippen LogP contribution in [0, 0.1) is 0 Å². The van der Waals surface area contributed by atoms with E-state index in [4.69, 9.17) is 28.0 Å². The first-order valence-corrected chi connectivity index (χ1v) is 3.29. The molecule has 48 valence electrons. The largest absolute Gasteiger partial charge is 1.00 e. The van der Waals surface area contributed by atoms with E-state index in [2.05, 4.69) is 0 Å². The second-order valence-corrected chi connectivity index (χ2v) is 1.34. The van der Waals surface area contributed by atoms with E-state index >= 15 is 0 Å². The monoisotopic (exact) mass is 250 g/mol. The summed E-state index contributed by atoms with van der Waals surface area (Å²) in [4.78, 5) is 17.0. The van der Waals surface area contributed by atoms with Crippen LogP contribution in [0.25, 0.3) is 0 Å². The molecule has 0 aromatic carbocycles. The minimum atomic E-state index is -3.37. The second kappa shape index (κ2) is 29.3. The van der Waals surface area contributed by atoms with Crippen LogP contribution in [-0.2, 0) is 18.3 Å². The number of hydrogen-bond acceptors (Lipinski definition) is 6. The van der Waals surface area contributed by atoms with Gasteiger partial charge in [-0.2, -0.15) is 0 Å². The van der Waals surface area contributed by atoms with Gasteiger partial charge in [0, 0.05) is 0 Å². The zero-order valence-electron chi connectivity index (χ0n) is 7.34. The minimum absolute atomic E-state index is 0. The maximum atomic E-state index is 8.48. The Morgan fingerprint density at radius 2 is 0.583 bits per heavy atom. The Morgan fingerprint density at radius 1 is 0.583 bits per heavy atom. The molecule has 12 heteroatoms. The van der Waals surface area contributed by atoms with Crippen molar-refractivity contribution >= 4 is 15.8 Å². The maximum absolute atomic E-state index is 8.48. The van der Waals surface area contributed by atoms with Gasteiger partial charge in [0.1, 0.15) is 0 Å². The second-order valence-electron chi connectivity index (χ2n) is 0.447. The normalized spacial score (nSPS) is 4.17. The van der Waals surface area contributed by atoms with Crippen LogP contribution in [0.4, 0.5) is 0 Å². The van der Waals surface area contributed by atoms with Gasteiger partial charge in [0.25, 0.3) is 0 Å². The van der Waals surface area contributed by atoms with Crippen molar-refractivity contribution in [3.05, 3.63) is 0 Å². The SMILES string of the molecule is O=P(=O)[O-].O=P(=O)[O-].[Na+].[Na+].[Na+].[Na+]. The molecule has 0 atom stereocenters. The Morgan fingerprint density at radius 3 is 0.583 bits per heavy atom. The summed E-state index contributed by atoms with van der Waals surface area (Å²) in [6, 6.07) is 0. The van der Waals surface area contributed by atoms with E-state index in [1.54, 1.807) is 0 Å². The molecular formula is Na4O6P2+2. The van der Waals surface area contributed by atoms with Gasteiger partial charge in [-0.1, -0.05) is 0 Å². The predicted molar refractivity (Wildman–Crippen MR) is 16.6 cm³/mol. The first-order valence-electron chi connectivity index (χ1n) is 1.10. The fourth-order valence-corrected chi connectivity index (χ4v) is 0. The fourth-order valence-electron chi connectivity index (χ4n) is 0. The summed E-state index contributed by atoms with van der Waals surface area (Å²) in [7, 11) is -6.74. The van der Waals surface area contributed by atoms with Crippen LogP contribution < -0.4 is 128 Å². The topological polar surface area (TPSA) is 114 Å². The summed E-state index contributed by atoms with van der Waals surface area (Å²) >= 11 is 0. The van der Waals surface area contributed by atoms with Crippen molar-refractivity contribution in [2.24, 2.45) is 0 Å². The summed E-state index contributed by atoms with van der Waals surface area (Å²) in [5.74, 6) is 0. The van der Waals surface area contributed by atoms with E-state index in [1.807, 2.05) is 0 Å². The first kappa shape index (κ1) is 36.1. The van der Waals surface area contributed by atoms with E-state index in [1.165, 1.54) is 0 Å². The van der Waals surface area contributed by atoms with Gasteiger partial charge >= 0.3 is 118 Å². The van der Waals surface area contributed by atoms with Gasteiger partial charge in [-0.3, -0.25) is 18.3 Å². The van der Waals surface area contributed by atoms with Crippen LogP contribution in [0.5, 0.6) is 0 Å². The molecular weight excluding hydrogens is 250 g/mol. The summed E-state index contributed by atoms with van der Waals surface area (Å²) in [6.07, 6.45) is 0. The van der Waals surface area contributed by atoms with Crippen LogP contribution in [0.1, 0.15) is 0 Å². The molecule has 0 N–H and O–H groups in total. The van der Waals surface area contributed by atoms with E-state index in [0.29, 0.717) is 0 Å². The predicted octanol–water partition coefficient (Wildman–Crippen LogP) is -13.1. The van der Waals surface area contributed by atoms with Gasteiger partial charge in [-0.15, -0.1) is 0 Å². The van der Waals surface area contributed by atoms with Crippen LogP contribution in [-0.4, -0.2) is 0 Å². The molecule has 0 aromatic heterocycles.